The Morgan fingerprint density at radius 1 is 1.65 bits per heavy atom. The van der Waals surface area contributed by atoms with Crippen molar-refractivity contribution in [1.82, 2.24) is 4.98 Å². The Kier molecular flexibility index (Phi) is 3.36. The number of hydrogen-bond donors (Lipinski definition) is 1. The van der Waals surface area contributed by atoms with Gasteiger partial charge < -0.3 is 14.4 Å². The van der Waals surface area contributed by atoms with Crippen LogP contribution in [0.2, 0.25) is 0 Å². The molecule has 0 atom stereocenters. The average molecular weight is 238 g/mol. The van der Waals surface area contributed by atoms with Gasteiger partial charge in [0.15, 0.2) is 5.69 Å². The summed E-state index contributed by atoms with van der Waals surface area (Å²) in [5, 5.41) is 8.81. The molecule has 0 aliphatic heterocycles. The molecule has 1 heterocycles. The topological polar surface area (TPSA) is 66.6 Å². The van der Waals surface area contributed by atoms with E-state index in [-0.39, 0.29) is 5.69 Å². The van der Waals surface area contributed by atoms with Gasteiger partial charge in [0.05, 0.1) is 0 Å². The van der Waals surface area contributed by atoms with E-state index in [1.807, 2.05) is 0 Å². The SMILES string of the molecule is CC(C)CCN(c1nc(C(=O)O)co1)C1CC1. The second-order valence-corrected chi connectivity index (χ2v) is 4.93. The zero-order chi connectivity index (χ0) is 12.4. The molecule has 0 unspecified atom stereocenters. The van der Waals surface area contributed by atoms with Gasteiger partial charge in [-0.15, -0.1) is 0 Å². The molecule has 0 saturated heterocycles. The Bertz CT molecular complexity index is 396. The van der Waals surface area contributed by atoms with Gasteiger partial charge in [0.2, 0.25) is 0 Å². The number of rotatable bonds is 6. The summed E-state index contributed by atoms with van der Waals surface area (Å²) in [4.78, 5) is 16.8. The van der Waals surface area contributed by atoms with Crippen molar-refractivity contribution in [2.75, 3.05) is 11.4 Å². The number of nitrogens with zero attached hydrogens (tertiary/aromatic N) is 2. The van der Waals surface area contributed by atoms with Gasteiger partial charge in [-0.05, 0) is 25.2 Å². The maximum Gasteiger partial charge on any atom is 0.357 e. The molecule has 0 aromatic carbocycles. The van der Waals surface area contributed by atoms with E-state index in [1.165, 1.54) is 6.26 Å². The summed E-state index contributed by atoms with van der Waals surface area (Å²) in [5.41, 5.74) is -0.0183. The molecule has 2 rings (SSSR count). The summed E-state index contributed by atoms with van der Waals surface area (Å²) in [7, 11) is 0. The summed E-state index contributed by atoms with van der Waals surface area (Å²) in [6.45, 7) is 5.22. The highest BCUT2D eigenvalue weighted by molar-refractivity contribution is 5.85. The molecule has 94 valence electrons. The number of hydrogen-bond acceptors (Lipinski definition) is 4. The zero-order valence-corrected chi connectivity index (χ0v) is 10.2. The van der Waals surface area contributed by atoms with Crippen LogP contribution < -0.4 is 4.90 Å². The van der Waals surface area contributed by atoms with Crippen molar-refractivity contribution in [1.29, 1.82) is 0 Å². The fraction of sp³-hybridized carbons (Fsp3) is 0.667. The molecule has 0 amide bonds. The number of carboxylic acid groups (broad SMARTS) is 1. The zero-order valence-electron chi connectivity index (χ0n) is 10.2. The molecule has 1 aromatic heterocycles. The highest BCUT2D eigenvalue weighted by Crippen LogP contribution is 2.31. The van der Waals surface area contributed by atoms with E-state index in [9.17, 15) is 4.79 Å². The van der Waals surface area contributed by atoms with Crippen LogP contribution in [0.3, 0.4) is 0 Å². The summed E-state index contributed by atoms with van der Waals surface area (Å²) < 4.78 is 5.26. The second kappa shape index (κ2) is 4.77. The van der Waals surface area contributed by atoms with Crippen LogP contribution in [-0.2, 0) is 0 Å². The van der Waals surface area contributed by atoms with Crippen LogP contribution in [-0.4, -0.2) is 28.6 Å². The second-order valence-electron chi connectivity index (χ2n) is 4.93. The van der Waals surface area contributed by atoms with Crippen LogP contribution in [0.15, 0.2) is 10.7 Å². The lowest BCUT2D eigenvalue weighted by molar-refractivity contribution is 0.0690. The Hall–Kier alpha value is -1.52. The minimum absolute atomic E-state index is 0.0183. The third kappa shape index (κ3) is 2.99. The average Bonchev–Trinajstić information content (AvgIpc) is 2.95. The third-order valence-corrected chi connectivity index (χ3v) is 2.89. The molecule has 17 heavy (non-hydrogen) atoms. The van der Waals surface area contributed by atoms with Gasteiger partial charge in [0.25, 0.3) is 6.01 Å². The van der Waals surface area contributed by atoms with Crippen LogP contribution in [0.5, 0.6) is 0 Å². The summed E-state index contributed by atoms with van der Waals surface area (Å²) >= 11 is 0. The van der Waals surface area contributed by atoms with Gasteiger partial charge >= 0.3 is 5.97 Å². The quantitative estimate of drug-likeness (QED) is 0.824. The number of carbonyl (C=O) groups is 1. The Morgan fingerprint density at radius 2 is 2.35 bits per heavy atom. The Morgan fingerprint density at radius 3 is 2.82 bits per heavy atom. The van der Waals surface area contributed by atoms with E-state index in [2.05, 4.69) is 23.7 Å². The van der Waals surface area contributed by atoms with Crippen molar-refractivity contribution in [3.8, 4) is 0 Å². The van der Waals surface area contributed by atoms with Gasteiger partial charge in [-0.2, -0.15) is 4.98 Å². The van der Waals surface area contributed by atoms with Crippen molar-refractivity contribution < 1.29 is 14.3 Å². The van der Waals surface area contributed by atoms with Crippen LogP contribution in [0.4, 0.5) is 6.01 Å². The Balaban J connectivity index is 2.06. The first-order valence-electron chi connectivity index (χ1n) is 6.03. The van der Waals surface area contributed by atoms with Crippen LogP contribution >= 0.6 is 0 Å². The third-order valence-electron chi connectivity index (χ3n) is 2.89. The molecular formula is C12H18N2O3. The first kappa shape index (κ1) is 12.0. The van der Waals surface area contributed by atoms with Crippen molar-refractivity contribution in [2.45, 2.75) is 39.2 Å². The van der Waals surface area contributed by atoms with Crippen LogP contribution in [0, 0.1) is 5.92 Å². The predicted octanol–water partition coefficient (Wildman–Crippen LogP) is 2.39. The fourth-order valence-electron chi connectivity index (χ4n) is 1.71. The van der Waals surface area contributed by atoms with Crippen molar-refractivity contribution in [2.24, 2.45) is 5.92 Å². The molecule has 1 aliphatic carbocycles. The molecule has 1 fully saturated rings. The molecule has 0 spiro atoms. The van der Waals surface area contributed by atoms with Gasteiger partial charge in [-0.1, -0.05) is 13.8 Å². The molecule has 0 bridgehead atoms. The monoisotopic (exact) mass is 238 g/mol. The molecule has 1 aliphatic rings. The molecule has 1 saturated carbocycles. The fourth-order valence-corrected chi connectivity index (χ4v) is 1.71. The first-order valence-corrected chi connectivity index (χ1v) is 6.03. The number of aromatic carboxylic acids is 1. The van der Waals surface area contributed by atoms with Gasteiger partial charge in [0.1, 0.15) is 6.26 Å². The Labute approximate surface area is 100 Å². The van der Waals surface area contributed by atoms with Crippen molar-refractivity contribution in [3.63, 3.8) is 0 Å². The lowest BCUT2D eigenvalue weighted by Crippen LogP contribution is -2.28. The first-order chi connectivity index (χ1) is 8.08. The highest BCUT2D eigenvalue weighted by atomic mass is 16.4. The summed E-state index contributed by atoms with van der Waals surface area (Å²) in [6.07, 6.45) is 4.55. The molecule has 5 nitrogen and oxygen atoms in total. The van der Waals surface area contributed by atoms with Crippen molar-refractivity contribution >= 4 is 12.0 Å². The maximum atomic E-state index is 10.7. The van der Waals surface area contributed by atoms with E-state index in [1.54, 1.807) is 0 Å². The largest absolute Gasteiger partial charge is 0.476 e. The van der Waals surface area contributed by atoms with Gasteiger partial charge in [-0.25, -0.2) is 4.79 Å². The van der Waals surface area contributed by atoms with E-state index < -0.39 is 5.97 Å². The van der Waals surface area contributed by atoms with Gasteiger partial charge in [0, 0.05) is 12.6 Å². The molecular weight excluding hydrogens is 220 g/mol. The lowest BCUT2D eigenvalue weighted by Gasteiger charge is -2.20. The molecule has 1 N–H and O–H groups in total. The van der Waals surface area contributed by atoms with Crippen LogP contribution in [0.1, 0.15) is 43.6 Å². The number of oxazole rings is 1. The van der Waals surface area contributed by atoms with Gasteiger partial charge in [-0.3, -0.25) is 0 Å². The number of anilines is 1. The van der Waals surface area contributed by atoms with E-state index in [4.69, 9.17) is 9.52 Å². The molecule has 5 heteroatoms. The smallest absolute Gasteiger partial charge is 0.357 e. The summed E-state index contributed by atoms with van der Waals surface area (Å²) in [6, 6.07) is 0.930. The standard InChI is InChI=1S/C12H18N2O3/c1-8(2)5-6-14(9-3-4-9)12-13-10(7-17-12)11(15)16/h7-9H,3-6H2,1-2H3,(H,15,16). The maximum absolute atomic E-state index is 10.7. The minimum atomic E-state index is -1.04. The van der Waals surface area contributed by atoms with Crippen molar-refractivity contribution in [3.05, 3.63) is 12.0 Å². The highest BCUT2D eigenvalue weighted by Gasteiger charge is 2.32. The number of carboxylic acids is 1. The minimum Gasteiger partial charge on any atom is -0.476 e. The predicted molar refractivity (Wildman–Crippen MR) is 63.3 cm³/mol. The lowest BCUT2D eigenvalue weighted by atomic mass is 10.1. The number of aromatic nitrogens is 1. The molecule has 0 radical (unpaired) electrons. The summed E-state index contributed by atoms with van der Waals surface area (Å²) in [5.74, 6) is -0.426. The van der Waals surface area contributed by atoms with Crippen LogP contribution in [0.25, 0.3) is 0 Å². The normalized spacial score (nSPS) is 15.2. The van der Waals surface area contributed by atoms with E-state index >= 15 is 0 Å². The molecule has 1 aromatic rings. The van der Waals surface area contributed by atoms with E-state index in [0.29, 0.717) is 18.0 Å². The van der Waals surface area contributed by atoms with E-state index in [0.717, 1.165) is 25.8 Å².